The third kappa shape index (κ3) is 3.34. The Labute approximate surface area is 113 Å². The molecule has 0 aliphatic carbocycles. The van der Waals surface area contributed by atoms with Gasteiger partial charge in [-0.1, -0.05) is 30.3 Å². The Morgan fingerprint density at radius 2 is 2.05 bits per heavy atom. The fraction of sp³-hybridized carbons (Fsp3) is 0.467. The second kappa shape index (κ2) is 5.87. The molecule has 4 heteroatoms. The number of hydrogen-bond acceptors (Lipinski definition) is 3. The van der Waals surface area contributed by atoms with Crippen molar-refractivity contribution in [3.63, 3.8) is 0 Å². The number of benzene rings is 1. The van der Waals surface area contributed by atoms with Crippen molar-refractivity contribution in [3.05, 3.63) is 35.9 Å². The van der Waals surface area contributed by atoms with E-state index in [0.717, 1.165) is 5.56 Å². The molecule has 0 saturated carbocycles. The molecule has 1 unspecified atom stereocenters. The predicted octanol–water partition coefficient (Wildman–Crippen LogP) is 3.39. The van der Waals surface area contributed by atoms with Gasteiger partial charge in [-0.25, -0.2) is 4.79 Å². The molecule has 102 valence electrons. The lowest BCUT2D eigenvalue weighted by Crippen LogP contribution is -2.42. The molecular formula is C15H20N2O2. The Balaban J connectivity index is 2.20. The van der Waals surface area contributed by atoms with Crippen molar-refractivity contribution in [2.45, 2.75) is 38.8 Å². The average Bonchev–Trinajstić information content (AvgIpc) is 2.38. The summed E-state index contributed by atoms with van der Waals surface area (Å²) < 4.78 is 5.29. The minimum absolute atomic E-state index is 0.0753. The number of carbonyl (C=O) groups excluding carboxylic acids is 1. The van der Waals surface area contributed by atoms with Gasteiger partial charge >= 0.3 is 6.09 Å². The van der Waals surface area contributed by atoms with Gasteiger partial charge in [0.05, 0.1) is 12.1 Å². The van der Waals surface area contributed by atoms with E-state index in [-0.39, 0.29) is 18.2 Å². The van der Waals surface area contributed by atoms with Crippen LogP contribution in [0.2, 0.25) is 0 Å². The topological polar surface area (TPSA) is 53.4 Å². The Kier molecular flexibility index (Phi) is 4.20. The number of nitrogens with zero attached hydrogens (tertiary/aromatic N) is 1. The number of carbonyl (C=O) groups is 1. The Morgan fingerprint density at radius 1 is 1.37 bits per heavy atom. The van der Waals surface area contributed by atoms with E-state index in [9.17, 15) is 4.79 Å². The number of ether oxygens (including phenoxy) is 1. The van der Waals surface area contributed by atoms with Crippen LogP contribution in [-0.2, 0) is 4.74 Å². The molecule has 1 fully saturated rings. The van der Waals surface area contributed by atoms with E-state index < -0.39 is 0 Å². The van der Waals surface area contributed by atoms with Crippen LogP contribution in [0.15, 0.2) is 30.3 Å². The zero-order valence-electron chi connectivity index (χ0n) is 11.4. The highest BCUT2D eigenvalue weighted by Gasteiger charge is 2.31. The second-order valence-corrected chi connectivity index (χ2v) is 5.11. The third-order valence-electron chi connectivity index (χ3n) is 3.23. The Hall–Kier alpha value is -1.84. The third-order valence-corrected chi connectivity index (χ3v) is 3.23. The van der Waals surface area contributed by atoms with Crippen molar-refractivity contribution in [1.29, 1.82) is 5.41 Å². The fourth-order valence-electron chi connectivity index (χ4n) is 2.32. The summed E-state index contributed by atoms with van der Waals surface area (Å²) in [6.07, 6.45) is 0.829. The smallest absolute Gasteiger partial charge is 0.410 e. The number of hydrogen-bond donors (Lipinski definition) is 1. The van der Waals surface area contributed by atoms with Crippen molar-refractivity contribution in [1.82, 2.24) is 4.90 Å². The molecule has 1 atom stereocenters. The molecule has 1 heterocycles. The van der Waals surface area contributed by atoms with Crippen LogP contribution in [0.5, 0.6) is 0 Å². The van der Waals surface area contributed by atoms with Crippen LogP contribution in [0.25, 0.3) is 0 Å². The van der Waals surface area contributed by atoms with Gasteiger partial charge in [0, 0.05) is 25.1 Å². The number of rotatable bonds is 2. The van der Waals surface area contributed by atoms with Gasteiger partial charge in [0.25, 0.3) is 0 Å². The van der Waals surface area contributed by atoms with Crippen LogP contribution in [0.1, 0.15) is 38.3 Å². The molecule has 0 bridgehead atoms. The summed E-state index contributed by atoms with van der Waals surface area (Å²) in [6.45, 7) is 4.26. The molecule has 1 saturated heterocycles. The first-order chi connectivity index (χ1) is 9.08. The second-order valence-electron chi connectivity index (χ2n) is 5.11. The highest BCUT2D eigenvalue weighted by atomic mass is 16.6. The monoisotopic (exact) mass is 260 g/mol. The van der Waals surface area contributed by atoms with Gasteiger partial charge in [0.1, 0.15) is 0 Å². The minimum atomic E-state index is -0.281. The SMILES string of the molecule is CC(C)OC(=O)N1CCC(=N)CC1c1ccccc1. The highest BCUT2D eigenvalue weighted by Crippen LogP contribution is 2.29. The van der Waals surface area contributed by atoms with Gasteiger partial charge in [-0.2, -0.15) is 0 Å². The van der Waals surface area contributed by atoms with Gasteiger partial charge in [0.15, 0.2) is 0 Å². The molecule has 1 aromatic carbocycles. The molecule has 0 radical (unpaired) electrons. The maximum absolute atomic E-state index is 12.1. The molecule has 1 amide bonds. The average molecular weight is 260 g/mol. The van der Waals surface area contributed by atoms with Crippen LogP contribution in [-0.4, -0.2) is 29.4 Å². The van der Waals surface area contributed by atoms with E-state index in [0.29, 0.717) is 25.1 Å². The van der Waals surface area contributed by atoms with Crippen LogP contribution in [0.4, 0.5) is 4.79 Å². The maximum atomic E-state index is 12.1. The molecular weight excluding hydrogens is 240 g/mol. The van der Waals surface area contributed by atoms with E-state index in [1.807, 2.05) is 44.2 Å². The summed E-state index contributed by atoms with van der Waals surface area (Å²) in [7, 11) is 0. The van der Waals surface area contributed by atoms with Crippen molar-refractivity contribution in [2.75, 3.05) is 6.54 Å². The first-order valence-electron chi connectivity index (χ1n) is 6.66. The highest BCUT2D eigenvalue weighted by molar-refractivity contribution is 5.85. The fourth-order valence-corrected chi connectivity index (χ4v) is 2.32. The predicted molar refractivity (Wildman–Crippen MR) is 74.5 cm³/mol. The first-order valence-corrected chi connectivity index (χ1v) is 6.66. The molecule has 1 aromatic rings. The van der Waals surface area contributed by atoms with Crippen LogP contribution >= 0.6 is 0 Å². The van der Waals surface area contributed by atoms with E-state index in [1.54, 1.807) is 4.90 Å². The standard InChI is InChI=1S/C15H20N2O2/c1-11(2)19-15(18)17-9-8-13(16)10-14(17)12-6-4-3-5-7-12/h3-7,11,14,16H,8-10H2,1-2H3. The van der Waals surface area contributed by atoms with Crippen LogP contribution in [0.3, 0.4) is 0 Å². The van der Waals surface area contributed by atoms with Gasteiger partial charge in [-0.05, 0) is 19.4 Å². The quantitative estimate of drug-likeness (QED) is 0.886. The van der Waals surface area contributed by atoms with Crippen LogP contribution in [0, 0.1) is 5.41 Å². The number of piperidine rings is 1. The number of amides is 1. The van der Waals surface area contributed by atoms with Gasteiger partial charge in [0.2, 0.25) is 0 Å². The summed E-state index contributed by atoms with van der Waals surface area (Å²) in [5, 5.41) is 7.86. The molecule has 0 spiro atoms. The van der Waals surface area contributed by atoms with E-state index in [2.05, 4.69) is 0 Å². The zero-order chi connectivity index (χ0) is 13.8. The Bertz CT molecular complexity index is 456. The first kappa shape index (κ1) is 13.6. The molecule has 2 rings (SSSR count). The molecule has 0 aromatic heterocycles. The van der Waals surface area contributed by atoms with Gasteiger partial charge < -0.3 is 15.0 Å². The molecule has 4 nitrogen and oxygen atoms in total. The summed E-state index contributed by atoms with van der Waals surface area (Å²) in [5.41, 5.74) is 1.76. The largest absolute Gasteiger partial charge is 0.447 e. The summed E-state index contributed by atoms with van der Waals surface area (Å²) in [5.74, 6) is 0. The lowest BCUT2D eigenvalue weighted by atomic mass is 9.94. The molecule has 1 aliphatic heterocycles. The van der Waals surface area contributed by atoms with Crippen molar-refractivity contribution < 1.29 is 9.53 Å². The normalized spacial score (nSPS) is 19.6. The van der Waals surface area contributed by atoms with Gasteiger partial charge in [-0.15, -0.1) is 0 Å². The van der Waals surface area contributed by atoms with Crippen molar-refractivity contribution in [3.8, 4) is 0 Å². The zero-order valence-corrected chi connectivity index (χ0v) is 11.4. The number of likely N-dealkylation sites (tertiary alicyclic amines) is 1. The minimum Gasteiger partial charge on any atom is -0.447 e. The molecule has 19 heavy (non-hydrogen) atoms. The Morgan fingerprint density at radius 3 is 2.68 bits per heavy atom. The summed E-state index contributed by atoms with van der Waals surface area (Å²) in [6, 6.07) is 9.79. The van der Waals surface area contributed by atoms with E-state index in [1.165, 1.54) is 0 Å². The molecule has 1 N–H and O–H groups in total. The summed E-state index contributed by atoms with van der Waals surface area (Å²) >= 11 is 0. The lowest BCUT2D eigenvalue weighted by molar-refractivity contribution is 0.0617. The number of nitrogens with one attached hydrogen (secondary N) is 1. The van der Waals surface area contributed by atoms with Crippen LogP contribution < -0.4 is 0 Å². The summed E-state index contributed by atoms with van der Waals surface area (Å²) in [4.78, 5) is 13.9. The van der Waals surface area contributed by atoms with Crippen molar-refractivity contribution in [2.24, 2.45) is 0 Å². The maximum Gasteiger partial charge on any atom is 0.410 e. The van der Waals surface area contributed by atoms with Crippen molar-refractivity contribution >= 4 is 11.8 Å². The molecule has 1 aliphatic rings. The van der Waals surface area contributed by atoms with E-state index in [4.69, 9.17) is 10.1 Å². The van der Waals surface area contributed by atoms with Gasteiger partial charge in [-0.3, -0.25) is 0 Å². The van der Waals surface area contributed by atoms with E-state index >= 15 is 0 Å². The lowest BCUT2D eigenvalue weighted by Gasteiger charge is -2.36.